The van der Waals surface area contributed by atoms with Crippen LogP contribution in [-0.2, 0) is 0 Å². The Bertz CT molecular complexity index is 197. The van der Waals surface area contributed by atoms with E-state index < -0.39 is 0 Å². The lowest BCUT2D eigenvalue weighted by atomic mass is 9.81. The third-order valence-corrected chi connectivity index (χ3v) is 3.74. The normalized spacial score (nSPS) is 17.1. The monoisotopic (exact) mass is 240 g/mol. The number of nitrogens with two attached hydrogens (primary N) is 1. The molecule has 0 radical (unpaired) electrons. The van der Waals surface area contributed by atoms with Gasteiger partial charge in [-0.05, 0) is 43.6 Å². The predicted molar refractivity (Wildman–Crippen MR) is 76.0 cm³/mol. The number of hydrogen-bond acceptors (Lipinski definition) is 2. The molecule has 3 N–H and O–H groups in total. The zero-order valence-electron chi connectivity index (χ0n) is 12.3. The molecule has 0 saturated heterocycles. The van der Waals surface area contributed by atoms with E-state index in [2.05, 4.69) is 33.0 Å². The molecule has 0 unspecified atom stereocenters. The molecular weight excluding hydrogens is 208 g/mol. The van der Waals surface area contributed by atoms with Crippen LogP contribution < -0.4 is 11.1 Å². The van der Waals surface area contributed by atoms with E-state index in [-0.39, 0.29) is 5.54 Å². The van der Waals surface area contributed by atoms with Gasteiger partial charge in [-0.1, -0.05) is 40.5 Å². The first-order chi connectivity index (χ1) is 7.97. The van der Waals surface area contributed by atoms with Gasteiger partial charge >= 0.3 is 0 Å². The van der Waals surface area contributed by atoms with Crippen LogP contribution in [0.15, 0.2) is 0 Å². The van der Waals surface area contributed by atoms with Crippen molar-refractivity contribution in [2.45, 2.75) is 65.3 Å². The lowest BCUT2D eigenvalue weighted by Crippen LogP contribution is -2.53. The summed E-state index contributed by atoms with van der Waals surface area (Å²) < 4.78 is 0. The first-order valence-corrected chi connectivity index (χ1v) is 7.42. The highest BCUT2D eigenvalue weighted by atomic mass is 15.0. The van der Waals surface area contributed by atoms with E-state index >= 15 is 0 Å². The highest BCUT2D eigenvalue weighted by Gasteiger charge is 2.30. The zero-order chi connectivity index (χ0) is 12.9. The fourth-order valence-corrected chi connectivity index (χ4v) is 2.98. The lowest BCUT2D eigenvalue weighted by Gasteiger charge is -2.37. The maximum absolute atomic E-state index is 6.07. The van der Waals surface area contributed by atoms with Gasteiger partial charge in [-0.25, -0.2) is 0 Å². The molecule has 1 rings (SSSR count). The van der Waals surface area contributed by atoms with Gasteiger partial charge in [0.15, 0.2) is 0 Å². The van der Waals surface area contributed by atoms with Gasteiger partial charge in [0.1, 0.15) is 0 Å². The van der Waals surface area contributed by atoms with Gasteiger partial charge in [0.25, 0.3) is 0 Å². The molecule has 2 heteroatoms. The van der Waals surface area contributed by atoms with Crippen molar-refractivity contribution < 1.29 is 0 Å². The Labute approximate surface area is 108 Å². The van der Waals surface area contributed by atoms with Gasteiger partial charge in [-0.3, -0.25) is 0 Å². The molecule has 17 heavy (non-hydrogen) atoms. The summed E-state index contributed by atoms with van der Waals surface area (Å²) in [5.41, 5.74) is 6.25. The predicted octanol–water partition coefficient (Wildman–Crippen LogP) is 3.17. The smallest absolute Gasteiger partial charge is 0.0308 e. The number of rotatable bonds is 9. The van der Waals surface area contributed by atoms with Crippen LogP contribution in [0, 0.1) is 17.8 Å². The van der Waals surface area contributed by atoms with E-state index in [0.29, 0.717) is 11.8 Å². The van der Waals surface area contributed by atoms with Crippen molar-refractivity contribution in [3.63, 3.8) is 0 Å². The minimum Gasteiger partial charge on any atom is -0.329 e. The van der Waals surface area contributed by atoms with Crippen LogP contribution in [0.2, 0.25) is 0 Å². The second-order valence-electron chi connectivity index (χ2n) is 6.84. The standard InChI is InChI=1S/C15H32N2/c1-12(2)9-15(11-16,10-13(3)4)17-8-7-14-5-6-14/h12-14,17H,5-11,16H2,1-4H3. The fraction of sp³-hybridized carbons (Fsp3) is 1.00. The molecule has 1 fully saturated rings. The maximum Gasteiger partial charge on any atom is 0.0308 e. The Morgan fingerprint density at radius 1 is 1.12 bits per heavy atom. The van der Waals surface area contributed by atoms with Crippen LogP contribution in [0.25, 0.3) is 0 Å². The van der Waals surface area contributed by atoms with Gasteiger partial charge in [0.05, 0.1) is 0 Å². The molecule has 0 aliphatic heterocycles. The largest absolute Gasteiger partial charge is 0.329 e. The summed E-state index contributed by atoms with van der Waals surface area (Å²) in [7, 11) is 0. The summed E-state index contributed by atoms with van der Waals surface area (Å²) in [6.07, 6.45) is 6.65. The number of nitrogens with one attached hydrogen (secondary N) is 1. The molecule has 1 aliphatic carbocycles. The SMILES string of the molecule is CC(C)CC(CN)(CC(C)C)NCCC1CC1. The van der Waals surface area contributed by atoms with Crippen LogP contribution in [-0.4, -0.2) is 18.6 Å². The Hall–Kier alpha value is -0.0800. The average molecular weight is 240 g/mol. The highest BCUT2D eigenvalue weighted by molar-refractivity contribution is 4.91. The van der Waals surface area contributed by atoms with Crippen molar-refractivity contribution in [2.75, 3.05) is 13.1 Å². The summed E-state index contributed by atoms with van der Waals surface area (Å²) in [4.78, 5) is 0. The summed E-state index contributed by atoms with van der Waals surface area (Å²) in [6, 6.07) is 0. The second kappa shape index (κ2) is 6.75. The molecule has 0 aromatic heterocycles. The lowest BCUT2D eigenvalue weighted by molar-refractivity contribution is 0.228. The van der Waals surface area contributed by atoms with Gasteiger partial charge in [0.2, 0.25) is 0 Å². The van der Waals surface area contributed by atoms with Crippen LogP contribution in [0.3, 0.4) is 0 Å². The van der Waals surface area contributed by atoms with Crippen molar-refractivity contribution in [1.82, 2.24) is 5.32 Å². The molecule has 0 spiro atoms. The van der Waals surface area contributed by atoms with E-state index in [4.69, 9.17) is 5.73 Å². The third-order valence-electron chi connectivity index (χ3n) is 3.74. The Balaban J connectivity index is 2.46. The van der Waals surface area contributed by atoms with E-state index in [1.165, 1.54) is 32.1 Å². The third kappa shape index (κ3) is 5.87. The quantitative estimate of drug-likeness (QED) is 0.649. The van der Waals surface area contributed by atoms with Crippen molar-refractivity contribution in [1.29, 1.82) is 0 Å². The molecule has 0 amide bonds. The van der Waals surface area contributed by atoms with Crippen LogP contribution >= 0.6 is 0 Å². The summed E-state index contributed by atoms with van der Waals surface area (Å²) in [6.45, 7) is 11.1. The molecule has 102 valence electrons. The molecule has 2 nitrogen and oxygen atoms in total. The first-order valence-electron chi connectivity index (χ1n) is 7.42. The first kappa shape index (κ1) is 15.0. The van der Waals surface area contributed by atoms with E-state index in [9.17, 15) is 0 Å². The minimum atomic E-state index is 0.178. The molecule has 1 saturated carbocycles. The molecule has 0 aromatic carbocycles. The van der Waals surface area contributed by atoms with Crippen molar-refractivity contribution in [3.05, 3.63) is 0 Å². The Morgan fingerprint density at radius 2 is 1.65 bits per heavy atom. The Kier molecular flexibility index (Phi) is 5.94. The maximum atomic E-state index is 6.07. The van der Waals surface area contributed by atoms with E-state index in [1.807, 2.05) is 0 Å². The second-order valence-corrected chi connectivity index (χ2v) is 6.84. The summed E-state index contributed by atoms with van der Waals surface area (Å²) in [5.74, 6) is 2.44. The molecule has 1 aliphatic rings. The van der Waals surface area contributed by atoms with E-state index in [1.54, 1.807) is 0 Å². The molecule has 0 aromatic rings. The van der Waals surface area contributed by atoms with Crippen LogP contribution in [0.1, 0.15) is 59.8 Å². The summed E-state index contributed by atoms with van der Waals surface area (Å²) in [5, 5.41) is 3.79. The number of hydrogen-bond donors (Lipinski definition) is 2. The summed E-state index contributed by atoms with van der Waals surface area (Å²) >= 11 is 0. The van der Waals surface area contributed by atoms with Crippen molar-refractivity contribution >= 4 is 0 Å². The van der Waals surface area contributed by atoms with Gasteiger partial charge in [-0.2, -0.15) is 0 Å². The fourth-order valence-electron chi connectivity index (χ4n) is 2.98. The molecule has 0 atom stereocenters. The topological polar surface area (TPSA) is 38.0 Å². The van der Waals surface area contributed by atoms with Gasteiger partial charge in [0, 0.05) is 12.1 Å². The van der Waals surface area contributed by atoms with Crippen LogP contribution in [0.5, 0.6) is 0 Å². The van der Waals surface area contributed by atoms with Crippen LogP contribution in [0.4, 0.5) is 0 Å². The van der Waals surface area contributed by atoms with Crippen molar-refractivity contribution in [2.24, 2.45) is 23.5 Å². The molecule has 0 heterocycles. The van der Waals surface area contributed by atoms with E-state index in [0.717, 1.165) is 19.0 Å². The minimum absolute atomic E-state index is 0.178. The average Bonchev–Trinajstić information content (AvgIpc) is 2.99. The molecular formula is C15H32N2. The van der Waals surface area contributed by atoms with Gasteiger partial charge < -0.3 is 11.1 Å². The highest BCUT2D eigenvalue weighted by Crippen LogP contribution is 2.32. The van der Waals surface area contributed by atoms with Gasteiger partial charge in [-0.15, -0.1) is 0 Å². The zero-order valence-corrected chi connectivity index (χ0v) is 12.3. The van der Waals surface area contributed by atoms with Crippen molar-refractivity contribution in [3.8, 4) is 0 Å². The molecule has 0 bridgehead atoms. The Morgan fingerprint density at radius 3 is 2.00 bits per heavy atom.